The highest BCUT2D eigenvalue weighted by Gasteiger charge is 2.36. The Kier molecular flexibility index (Phi) is 4.66. The third-order valence-electron chi connectivity index (χ3n) is 5.38. The van der Waals surface area contributed by atoms with Crippen LogP contribution in [-0.4, -0.2) is 35.7 Å². The minimum Gasteiger partial charge on any atom is -0.342 e. The van der Waals surface area contributed by atoms with Gasteiger partial charge in [0.15, 0.2) is 0 Å². The van der Waals surface area contributed by atoms with Gasteiger partial charge in [0.1, 0.15) is 0 Å². The number of nitrogens with zero attached hydrogens (tertiary/aromatic N) is 1. The van der Waals surface area contributed by atoms with Crippen LogP contribution in [-0.2, 0) is 14.4 Å². The summed E-state index contributed by atoms with van der Waals surface area (Å²) in [5, 5.41) is 5.84. The summed E-state index contributed by atoms with van der Waals surface area (Å²) in [5.74, 6) is 0.386. The largest absolute Gasteiger partial charge is 0.342 e. The van der Waals surface area contributed by atoms with Crippen molar-refractivity contribution in [1.82, 2.24) is 4.90 Å². The third kappa shape index (κ3) is 4.06. The Balaban J connectivity index is 1.34. The molecule has 0 spiro atoms. The first-order chi connectivity index (χ1) is 12.6. The van der Waals surface area contributed by atoms with E-state index in [-0.39, 0.29) is 35.5 Å². The van der Waals surface area contributed by atoms with Gasteiger partial charge in [-0.3, -0.25) is 14.4 Å². The number of piperidine rings is 1. The topological polar surface area (TPSA) is 78.5 Å². The number of carbonyl (C=O) groups excluding carboxylic acids is 3. The van der Waals surface area contributed by atoms with E-state index in [0.29, 0.717) is 17.9 Å². The van der Waals surface area contributed by atoms with Gasteiger partial charge in [-0.25, -0.2) is 0 Å². The van der Waals surface area contributed by atoms with E-state index >= 15 is 0 Å². The first kappa shape index (κ1) is 17.1. The predicted molar refractivity (Wildman–Crippen MR) is 98.5 cm³/mol. The van der Waals surface area contributed by atoms with Gasteiger partial charge in [0.25, 0.3) is 0 Å². The minimum absolute atomic E-state index is 0.0509. The highest BCUT2D eigenvalue weighted by molar-refractivity contribution is 5.96. The van der Waals surface area contributed by atoms with E-state index in [4.69, 9.17) is 0 Å². The molecule has 1 aromatic carbocycles. The molecular formula is C20H25N3O3. The smallest absolute Gasteiger partial charge is 0.229 e. The van der Waals surface area contributed by atoms with Gasteiger partial charge in [-0.15, -0.1) is 0 Å². The molecular weight excluding hydrogens is 330 g/mol. The van der Waals surface area contributed by atoms with E-state index in [1.165, 1.54) is 0 Å². The Bertz CT molecular complexity index is 725. The van der Waals surface area contributed by atoms with Gasteiger partial charge in [0, 0.05) is 36.3 Å². The number of amides is 3. The van der Waals surface area contributed by atoms with Crippen molar-refractivity contribution in [3.63, 3.8) is 0 Å². The van der Waals surface area contributed by atoms with Crippen LogP contribution in [0.1, 0.15) is 38.5 Å². The average molecular weight is 355 g/mol. The van der Waals surface area contributed by atoms with Crippen LogP contribution in [0.25, 0.3) is 0 Å². The Morgan fingerprint density at radius 2 is 1.46 bits per heavy atom. The van der Waals surface area contributed by atoms with Crippen LogP contribution in [0.2, 0.25) is 0 Å². The minimum atomic E-state index is -0.170. The predicted octanol–water partition coefficient (Wildman–Crippen LogP) is 2.62. The summed E-state index contributed by atoms with van der Waals surface area (Å²) in [6, 6.07) is 7.25. The molecule has 1 heterocycles. The lowest BCUT2D eigenvalue weighted by atomic mass is 9.96. The zero-order valence-electron chi connectivity index (χ0n) is 14.9. The molecule has 6 heteroatoms. The van der Waals surface area contributed by atoms with Crippen molar-refractivity contribution in [2.24, 2.45) is 17.8 Å². The van der Waals surface area contributed by atoms with Gasteiger partial charge < -0.3 is 15.5 Å². The molecule has 1 atom stereocenters. The molecule has 138 valence electrons. The zero-order chi connectivity index (χ0) is 18.1. The molecule has 0 bridgehead atoms. The van der Waals surface area contributed by atoms with Gasteiger partial charge >= 0.3 is 0 Å². The maximum absolute atomic E-state index is 12.6. The first-order valence-corrected chi connectivity index (χ1v) is 9.61. The number of carbonyl (C=O) groups is 3. The van der Waals surface area contributed by atoms with Crippen molar-refractivity contribution in [2.75, 3.05) is 23.7 Å². The molecule has 2 N–H and O–H groups in total. The monoisotopic (exact) mass is 355 g/mol. The lowest BCUT2D eigenvalue weighted by Gasteiger charge is -2.32. The molecule has 0 radical (unpaired) electrons. The lowest BCUT2D eigenvalue weighted by Crippen LogP contribution is -2.44. The summed E-state index contributed by atoms with van der Waals surface area (Å²) in [5.41, 5.74) is 1.38. The second kappa shape index (κ2) is 7.09. The van der Waals surface area contributed by atoms with E-state index in [1.807, 2.05) is 23.1 Å². The van der Waals surface area contributed by atoms with Crippen molar-refractivity contribution in [3.05, 3.63) is 24.3 Å². The molecule has 6 nitrogen and oxygen atoms in total. The van der Waals surface area contributed by atoms with Crippen molar-refractivity contribution in [1.29, 1.82) is 0 Å². The normalized spacial score (nSPS) is 22.6. The van der Waals surface area contributed by atoms with E-state index in [0.717, 1.165) is 45.1 Å². The van der Waals surface area contributed by atoms with Crippen molar-refractivity contribution in [3.8, 4) is 0 Å². The molecule has 1 unspecified atom stereocenters. The van der Waals surface area contributed by atoms with Crippen LogP contribution in [0.3, 0.4) is 0 Å². The second-order valence-corrected chi connectivity index (χ2v) is 7.73. The molecule has 1 aliphatic heterocycles. The lowest BCUT2D eigenvalue weighted by molar-refractivity contribution is -0.135. The standard InChI is InChI=1S/C20H25N3O3/c24-18(13-6-7-13)21-16-4-1-5-17(11-16)22-19(25)15-3-2-10-23(12-15)20(26)14-8-9-14/h1,4-5,11,13-15H,2-3,6-10,12H2,(H,21,24)(H,22,25). The third-order valence-corrected chi connectivity index (χ3v) is 5.38. The fraction of sp³-hybridized carbons (Fsp3) is 0.550. The van der Waals surface area contributed by atoms with Gasteiger partial charge in [-0.1, -0.05) is 6.07 Å². The zero-order valence-corrected chi connectivity index (χ0v) is 14.9. The van der Waals surface area contributed by atoms with Crippen LogP contribution in [0.4, 0.5) is 11.4 Å². The number of benzene rings is 1. The van der Waals surface area contributed by atoms with Crippen LogP contribution in [0.15, 0.2) is 24.3 Å². The molecule has 3 fully saturated rings. The quantitative estimate of drug-likeness (QED) is 0.852. The number of rotatable bonds is 5. The molecule has 1 saturated heterocycles. The summed E-state index contributed by atoms with van der Waals surface area (Å²) < 4.78 is 0. The molecule has 3 aliphatic rings. The molecule has 0 aromatic heterocycles. The number of hydrogen-bond acceptors (Lipinski definition) is 3. The number of anilines is 2. The van der Waals surface area contributed by atoms with E-state index in [1.54, 1.807) is 6.07 Å². The van der Waals surface area contributed by atoms with Gasteiger partial charge in [-0.05, 0) is 56.7 Å². The highest BCUT2D eigenvalue weighted by atomic mass is 16.2. The molecule has 2 saturated carbocycles. The molecule has 26 heavy (non-hydrogen) atoms. The van der Waals surface area contributed by atoms with E-state index in [9.17, 15) is 14.4 Å². The molecule has 3 amide bonds. The maximum Gasteiger partial charge on any atom is 0.229 e. The van der Waals surface area contributed by atoms with Crippen molar-refractivity contribution in [2.45, 2.75) is 38.5 Å². The fourth-order valence-corrected chi connectivity index (χ4v) is 3.49. The Morgan fingerprint density at radius 3 is 2.08 bits per heavy atom. The Hall–Kier alpha value is -2.37. The van der Waals surface area contributed by atoms with Gasteiger partial charge in [0.05, 0.1) is 5.92 Å². The maximum atomic E-state index is 12.6. The molecule has 4 rings (SSSR count). The summed E-state index contributed by atoms with van der Waals surface area (Å²) in [7, 11) is 0. The van der Waals surface area contributed by atoms with E-state index < -0.39 is 0 Å². The van der Waals surface area contributed by atoms with Crippen LogP contribution < -0.4 is 10.6 Å². The van der Waals surface area contributed by atoms with Crippen LogP contribution in [0.5, 0.6) is 0 Å². The summed E-state index contributed by atoms with van der Waals surface area (Å²) in [6.07, 6.45) is 5.57. The summed E-state index contributed by atoms with van der Waals surface area (Å²) >= 11 is 0. The highest BCUT2D eigenvalue weighted by Crippen LogP contribution is 2.33. The Labute approximate surface area is 153 Å². The fourth-order valence-electron chi connectivity index (χ4n) is 3.49. The second-order valence-electron chi connectivity index (χ2n) is 7.73. The van der Waals surface area contributed by atoms with Crippen LogP contribution >= 0.6 is 0 Å². The SMILES string of the molecule is O=C(Nc1cccc(NC(=O)C2CCCN(C(=O)C3CC3)C2)c1)C1CC1. The molecule has 2 aliphatic carbocycles. The van der Waals surface area contributed by atoms with Gasteiger partial charge in [0.2, 0.25) is 17.7 Å². The van der Waals surface area contributed by atoms with Gasteiger partial charge in [-0.2, -0.15) is 0 Å². The van der Waals surface area contributed by atoms with Crippen LogP contribution in [0, 0.1) is 17.8 Å². The number of nitrogens with one attached hydrogen (secondary N) is 2. The average Bonchev–Trinajstić information content (AvgIpc) is 3.54. The van der Waals surface area contributed by atoms with E-state index in [2.05, 4.69) is 10.6 Å². The van der Waals surface area contributed by atoms with Crippen molar-refractivity contribution >= 4 is 29.1 Å². The number of likely N-dealkylation sites (tertiary alicyclic amines) is 1. The summed E-state index contributed by atoms with van der Waals surface area (Å²) in [6.45, 7) is 1.28. The summed E-state index contributed by atoms with van der Waals surface area (Å²) in [4.78, 5) is 38.6. The molecule has 1 aromatic rings. The Morgan fingerprint density at radius 1 is 0.846 bits per heavy atom. The first-order valence-electron chi connectivity index (χ1n) is 9.61. The van der Waals surface area contributed by atoms with Crippen molar-refractivity contribution < 1.29 is 14.4 Å². The number of hydrogen-bond donors (Lipinski definition) is 2.